The van der Waals surface area contributed by atoms with E-state index >= 15 is 0 Å². The lowest BCUT2D eigenvalue weighted by Crippen LogP contribution is -2.29. The molecule has 0 aromatic rings. The summed E-state index contributed by atoms with van der Waals surface area (Å²) in [7, 11) is -4.38. The average molecular weight is 898 g/mol. The lowest BCUT2D eigenvalue weighted by Gasteiger charge is -2.19. The molecular weight excluding hydrogens is 798 g/mol. The smallest absolute Gasteiger partial charge is 0.462 e. The lowest BCUT2D eigenvalue weighted by atomic mass is 10.0. The number of rotatable bonds is 50. The van der Waals surface area contributed by atoms with Crippen LogP contribution in [0.4, 0.5) is 0 Å². The van der Waals surface area contributed by atoms with Gasteiger partial charge in [-0.15, -0.1) is 0 Å². The van der Waals surface area contributed by atoms with E-state index in [1.165, 1.54) is 193 Å². The minimum absolute atomic E-state index is 0.0550. The number of allylic oxidation sites excluding steroid dienone is 4. The van der Waals surface area contributed by atoms with Crippen molar-refractivity contribution in [3.8, 4) is 0 Å². The minimum atomic E-state index is -4.38. The SMILES string of the molecule is CCCCC/C=C/C/C=C/CCCCCCCCCCCC(=O)OC[C@H](COP(=O)(O)OCCN)OC(=O)CCCCCCCCCCCCCCCCCCCCCCCC. The Kier molecular flexibility index (Phi) is 47.7. The zero-order valence-corrected chi connectivity index (χ0v) is 41.5. The van der Waals surface area contributed by atoms with Crippen LogP contribution in [-0.4, -0.2) is 49.3 Å². The number of esters is 2. The second-order valence-corrected chi connectivity index (χ2v) is 19.2. The molecule has 0 bridgehead atoms. The first kappa shape index (κ1) is 60.5. The standard InChI is InChI=1S/C52H100NO8P/c1-3-5-7-9-11-13-15-17-19-21-23-24-25-27-29-31-33-35-37-39-41-43-45-52(55)61-50(49-60-62(56,57)59-47-46-53)48-58-51(54)44-42-40-38-36-34-32-30-28-26-22-20-18-16-14-12-10-8-6-4-2/h12,14,18,20,50H,3-11,13,15-17,19,21-49,53H2,1-2H3,(H,56,57)/b14-12+,20-18+/t50-/m1/s1. The van der Waals surface area contributed by atoms with Crippen LogP contribution in [-0.2, 0) is 32.7 Å². The molecule has 0 aliphatic heterocycles. The molecule has 0 spiro atoms. The fourth-order valence-corrected chi connectivity index (χ4v) is 8.43. The molecule has 0 aromatic heterocycles. The third-order valence-corrected chi connectivity index (χ3v) is 12.6. The molecule has 62 heavy (non-hydrogen) atoms. The van der Waals surface area contributed by atoms with Gasteiger partial charge in [-0.25, -0.2) is 4.57 Å². The minimum Gasteiger partial charge on any atom is -0.462 e. The molecule has 0 rings (SSSR count). The summed E-state index contributed by atoms with van der Waals surface area (Å²) in [5.74, 6) is -0.819. The van der Waals surface area contributed by atoms with Crippen LogP contribution in [0.25, 0.3) is 0 Å². The predicted octanol–water partition coefficient (Wildman–Crippen LogP) is 15.9. The van der Waals surface area contributed by atoms with Gasteiger partial charge in [-0.1, -0.05) is 231 Å². The van der Waals surface area contributed by atoms with Crippen molar-refractivity contribution in [1.82, 2.24) is 0 Å². The van der Waals surface area contributed by atoms with E-state index in [9.17, 15) is 19.0 Å². The lowest BCUT2D eigenvalue weighted by molar-refractivity contribution is -0.161. The highest BCUT2D eigenvalue weighted by atomic mass is 31.2. The molecule has 10 heteroatoms. The van der Waals surface area contributed by atoms with Gasteiger partial charge in [0.15, 0.2) is 6.10 Å². The van der Waals surface area contributed by atoms with Crippen LogP contribution in [0.5, 0.6) is 0 Å². The molecule has 1 unspecified atom stereocenters. The van der Waals surface area contributed by atoms with E-state index in [0.29, 0.717) is 6.42 Å². The van der Waals surface area contributed by atoms with Gasteiger partial charge in [0.25, 0.3) is 0 Å². The summed E-state index contributed by atoms with van der Waals surface area (Å²) in [6.07, 6.45) is 55.0. The molecule has 0 amide bonds. The number of phosphoric ester groups is 1. The summed E-state index contributed by atoms with van der Waals surface area (Å²) >= 11 is 0. The van der Waals surface area contributed by atoms with Gasteiger partial charge < -0.3 is 20.1 Å². The molecule has 2 atom stereocenters. The molecule has 3 N–H and O–H groups in total. The zero-order chi connectivity index (χ0) is 45.3. The van der Waals surface area contributed by atoms with Crippen molar-refractivity contribution in [3.63, 3.8) is 0 Å². The van der Waals surface area contributed by atoms with Crippen LogP contribution in [0.2, 0.25) is 0 Å². The molecule has 0 radical (unpaired) electrons. The Morgan fingerprint density at radius 2 is 0.839 bits per heavy atom. The number of carbonyl (C=O) groups is 2. The summed E-state index contributed by atoms with van der Waals surface area (Å²) in [6, 6.07) is 0. The molecule has 0 heterocycles. The van der Waals surface area contributed by atoms with Crippen LogP contribution < -0.4 is 5.73 Å². The molecule has 0 aliphatic carbocycles. The Morgan fingerprint density at radius 1 is 0.484 bits per heavy atom. The van der Waals surface area contributed by atoms with Gasteiger partial charge in [-0.3, -0.25) is 18.6 Å². The number of unbranched alkanes of at least 4 members (excludes halogenated alkanes) is 33. The molecule has 0 aromatic carbocycles. The summed E-state index contributed by atoms with van der Waals surface area (Å²) in [4.78, 5) is 35.1. The van der Waals surface area contributed by atoms with Crippen LogP contribution in [0, 0.1) is 0 Å². The van der Waals surface area contributed by atoms with Crippen LogP contribution in [0.15, 0.2) is 24.3 Å². The van der Waals surface area contributed by atoms with E-state index in [0.717, 1.165) is 38.5 Å². The summed E-state index contributed by atoms with van der Waals surface area (Å²) in [5.41, 5.74) is 5.37. The highest BCUT2D eigenvalue weighted by molar-refractivity contribution is 7.47. The number of carbonyl (C=O) groups excluding carboxylic acids is 2. The second kappa shape index (κ2) is 48.9. The number of phosphoric acid groups is 1. The van der Waals surface area contributed by atoms with E-state index in [1.807, 2.05) is 0 Å². The fraction of sp³-hybridized carbons (Fsp3) is 0.885. The van der Waals surface area contributed by atoms with Gasteiger partial charge in [0.1, 0.15) is 6.61 Å². The molecule has 0 fully saturated rings. The van der Waals surface area contributed by atoms with Crippen molar-refractivity contribution < 1.29 is 37.6 Å². The van der Waals surface area contributed by atoms with Gasteiger partial charge in [0, 0.05) is 19.4 Å². The first-order chi connectivity index (χ1) is 30.3. The van der Waals surface area contributed by atoms with Crippen molar-refractivity contribution in [3.05, 3.63) is 24.3 Å². The maximum absolute atomic E-state index is 12.7. The van der Waals surface area contributed by atoms with Crippen LogP contribution >= 0.6 is 7.82 Å². The Bertz CT molecular complexity index is 1070. The van der Waals surface area contributed by atoms with E-state index < -0.39 is 26.5 Å². The van der Waals surface area contributed by atoms with Crippen molar-refractivity contribution >= 4 is 19.8 Å². The number of ether oxygens (including phenoxy) is 2. The summed E-state index contributed by atoms with van der Waals surface area (Å²) < 4.78 is 33.0. The summed E-state index contributed by atoms with van der Waals surface area (Å²) in [5, 5.41) is 0. The summed E-state index contributed by atoms with van der Waals surface area (Å²) in [6.45, 7) is 3.76. The van der Waals surface area contributed by atoms with E-state index in [-0.39, 0.29) is 38.6 Å². The first-order valence-corrected chi connectivity index (χ1v) is 27.8. The highest BCUT2D eigenvalue weighted by Crippen LogP contribution is 2.43. The predicted molar refractivity (Wildman–Crippen MR) is 261 cm³/mol. The topological polar surface area (TPSA) is 134 Å². The molecule has 366 valence electrons. The maximum atomic E-state index is 12.7. The zero-order valence-electron chi connectivity index (χ0n) is 40.6. The molecule has 0 aliphatic rings. The third-order valence-electron chi connectivity index (χ3n) is 11.6. The molecule has 9 nitrogen and oxygen atoms in total. The van der Waals surface area contributed by atoms with Gasteiger partial charge in [-0.05, 0) is 44.9 Å². The van der Waals surface area contributed by atoms with Crippen molar-refractivity contribution in [2.75, 3.05) is 26.4 Å². The van der Waals surface area contributed by atoms with Gasteiger partial charge in [0.2, 0.25) is 0 Å². The largest absolute Gasteiger partial charge is 0.472 e. The fourth-order valence-electron chi connectivity index (χ4n) is 7.67. The van der Waals surface area contributed by atoms with Gasteiger partial charge in [-0.2, -0.15) is 0 Å². The van der Waals surface area contributed by atoms with Crippen LogP contribution in [0.3, 0.4) is 0 Å². The third kappa shape index (κ3) is 48.0. The monoisotopic (exact) mass is 898 g/mol. The molecular formula is C52H100NO8P. The van der Waals surface area contributed by atoms with E-state index in [4.69, 9.17) is 24.3 Å². The van der Waals surface area contributed by atoms with Crippen molar-refractivity contribution in [1.29, 1.82) is 0 Å². The average Bonchev–Trinajstić information content (AvgIpc) is 3.26. The second-order valence-electron chi connectivity index (χ2n) is 17.8. The van der Waals surface area contributed by atoms with Crippen molar-refractivity contribution in [2.24, 2.45) is 5.73 Å². The highest BCUT2D eigenvalue weighted by Gasteiger charge is 2.26. The number of hydrogen-bond acceptors (Lipinski definition) is 8. The molecule has 0 saturated heterocycles. The van der Waals surface area contributed by atoms with Gasteiger partial charge in [0.05, 0.1) is 13.2 Å². The quantitative estimate of drug-likeness (QED) is 0.0265. The number of nitrogens with two attached hydrogens (primary N) is 1. The maximum Gasteiger partial charge on any atom is 0.472 e. The first-order valence-electron chi connectivity index (χ1n) is 26.3. The van der Waals surface area contributed by atoms with Crippen molar-refractivity contribution in [2.45, 2.75) is 270 Å². The normalized spacial score (nSPS) is 13.3. The number of hydrogen-bond donors (Lipinski definition) is 2. The van der Waals surface area contributed by atoms with Crippen LogP contribution in [0.1, 0.15) is 264 Å². The van der Waals surface area contributed by atoms with E-state index in [2.05, 4.69) is 38.2 Å². The Labute approximate surface area is 382 Å². The van der Waals surface area contributed by atoms with Gasteiger partial charge >= 0.3 is 19.8 Å². The Morgan fingerprint density at radius 3 is 1.26 bits per heavy atom. The molecule has 0 saturated carbocycles. The van der Waals surface area contributed by atoms with E-state index in [1.54, 1.807) is 0 Å². The Hall–Kier alpha value is -1.51. The Balaban J connectivity index is 4.00.